The van der Waals surface area contributed by atoms with E-state index in [0.29, 0.717) is 63.4 Å². The largest absolute Gasteiger partial charge is 0.494 e. The van der Waals surface area contributed by atoms with Crippen LogP contribution in [0.5, 0.6) is 17.2 Å². The van der Waals surface area contributed by atoms with Gasteiger partial charge in [0.2, 0.25) is 0 Å². The number of anilines is 1. The molecule has 1 aromatic heterocycles. The van der Waals surface area contributed by atoms with Crippen LogP contribution in [0.4, 0.5) is 5.69 Å². The number of para-hydroxylation sites is 1. The van der Waals surface area contributed by atoms with Crippen LogP contribution in [0.1, 0.15) is 43.5 Å². The summed E-state index contributed by atoms with van der Waals surface area (Å²) < 4.78 is 20.8. The number of thiazole rings is 1. The summed E-state index contributed by atoms with van der Waals surface area (Å²) in [7, 11) is 0. The molecule has 1 aliphatic heterocycles. The number of carbonyl (C=O) groups is 1. The number of aromatic nitrogens is 1. The molecule has 4 aromatic carbocycles. The molecule has 6 rings (SSSR count). The lowest BCUT2D eigenvalue weighted by Gasteiger charge is -2.25. The van der Waals surface area contributed by atoms with Crippen molar-refractivity contribution in [2.24, 2.45) is 4.99 Å². The fourth-order valence-corrected chi connectivity index (χ4v) is 6.77. The highest BCUT2D eigenvalue weighted by Gasteiger charge is 2.32. The Morgan fingerprint density at radius 3 is 2.35 bits per heavy atom. The predicted molar refractivity (Wildman–Crippen MR) is 193 cm³/mol. The van der Waals surface area contributed by atoms with E-state index in [-0.39, 0.29) is 11.5 Å². The van der Waals surface area contributed by atoms with E-state index in [0.717, 1.165) is 21.2 Å². The third kappa shape index (κ3) is 7.30. The topological polar surface area (TPSA) is 91.2 Å². The molecule has 0 unspecified atom stereocenters. The number of rotatable bonds is 11. The fourth-order valence-electron chi connectivity index (χ4n) is 5.46. The quantitative estimate of drug-likeness (QED) is 0.158. The summed E-state index contributed by atoms with van der Waals surface area (Å²) in [6.07, 6.45) is 1.82. The SMILES string of the molecule is CCOc1ccc([C@H]2C(C(=O)Nc3ccccc3)=C(C)N=c3s/c(=C\c4ccc(OCc5ccc(Br)cc5)c(OCC)c4)c(=O)n32)cc1. The van der Waals surface area contributed by atoms with Gasteiger partial charge >= 0.3 is 0 Å². The van der Waals surface area contributed by atoms with Crippen molar-refractivity contribution in [3.63, 3.8) is 0 Å². The molecule has 5 aromatic rings. The Morgan fingerprint density at radius 2 is 1.65 bits per heavy atom. The van der Waals surface area contributed by atoms with Crippen molar-refractivity contribution in [3.8, 4) is 17.2 Å². The molecule has 10 heteroatoms. The number of ether oxygens (including phenoxy) is 3. The number of hydrogen-bond donors (Lipinski definition) is 1. The maximum absolute atomic E-state index is 14.2. The third-order valence-electron chi connectivity index (χ3n) is 7.68. The molecule has 1 atom stereocenters. The lowest BCUT2D eigenvalue weighted by molar-refractivity contribution is -0.113. The van der Waals surface area contributed by atoms with Gasteiger partial charge in [-0.2, -0.15) is 0 Å². The Bertz CT molecular complexity index is 2140. The fraction of sp³-hybridized carbons (Fsp3) is 0.184. The lowest BCUT2D eigenvalue weighted by atomic mass is 9.95. The average molecular weight is 725 g/mol. The predicted octanol–water partition coefficient (Wildman–Crippen LogP) is 7.01. The maximum Gasteiger partial charge on any atom is 0.271 e. The van der Waals surface area contributed by atoms with E-state index in [2.05, 4.69) is 21.2 Å². The van der Waals surface area contributed by atoms with Crippen LogP contribution in [0.2, 0.25) is 0 Å². The molecule has 0 spiro atoms. The van der Waals surface area contributed by atoms with Crippen molar-refractivity contribution in [2.45, 2.75) is 33.4 Å². The molecule has 0 saturated carbocycles. The molecule has 0 saturated heterocycles. The summed E-state index contributed by atoms with van der Waals surface area (Å²) in [6, 6.07) is 29.6. The Kier molecular flexibility index (Phi) is 10.2. The molecule has 2 heterocycles. The minimum absolute atomic E-state index is 0.247. The second-order valence-electron chi connectivity index (χ2n) is 11.0. The first-order chi connectivity index (χ1) is 23.3. The standard InChI is InChI=1S/C38H34BrN3O5S/c1-4-45-30-18-14-27(15-19-30)35-34(36(43)41-29-9-7-6-8-10-29)24(3)40-38-42(35)37(44)33(48-38)22-26-13-20-31(32(21-26)46-5-2)47-23-25-11-16-28(39)17-12-25/h6-22,35H,4-5,23H2,1-3H3,(H,41,43)/b33-22-/t35-/m0/s1. The minimum Gasteiger partial charge on any atom is -0.494 e. The average Bonchev–Trinajstić information content (AvgIpc) is 3.39. The van der Waals surface area contributed by atoms with Gasteiger partial charge in [0.05, 0.1) is 35.1 Å². The molecular formula is C38H34BrN3O5S. The van der Waals surface area contributed by atoms with Crippen LogP contribution in [0.3, 0.4) is 0 Å². The Hall–Kier alpha value is -4.93. The molecule has 0 aliphatic carbocycles. The van der Waals surface area contributed by atoms with Crippen LogP contribution in [0.15, 0.2) is 123 Å². The second kappa shape index (κ2) is 14.9. The van der Waals surface area contributed by atoms with E-state index in [1.807, 2.05) is 117 Å². The number of fused-ring (bicyclic) bond motifs is 1. The van der Waals surface area contributed by atoms with Crippen molar-refractivity contribution in [3.05, 3.63) is 149 Å². The third-order valence-corrected chi connectivity index (χ3v) is 9.19. The number of hydrogen-bond acceptors (Lipinski definition) is 7. The van der Waals surface area contributed by atoms with E-state index in [1.165, 1.54) is 11.3 Å². The number of benzene rings is 4. The van der Waals surface area contributed by atoms with Gasteiger partial charge in [0.1, 0.15) is 12.4 Å². The zero-order valence-corrected chi connectivity index (χ0v) is 29.1. The van der Waals surface area contributed by atoms with Crippen LogP contribution in [-0.2, 0) is 11.4 Å². The summed E-state index contributed by atoms with van der Waals surface area (Å²) in [5, 5.41) is 2.99. The zero-order chi connectivity index (χ0) is 33.6. The van der Waals surface area contributed by atoms with Gasteiger partial charge in [0.25, 0.3) is 11.5 Å². The van der Waals surface area contributed by atoms with Gasteiger partial charge < -0.3 is 19.5 Å². The van der Waals surface area contributed by atoms with Crippen molar-refractivity contribution in [1.29, 1.82) is 0 Å². The lowest BCUT2D eigenvalue weighted by Crippen LogP contribution is -2.40. The van der Waals surface area contributed by atoms with Crippen molar-refractivity contribution < 1.29 is 19.0 Å². The van der Waals surface area contributed by atoms with Crippen LogP contribution in [0.25, 0.3) is 6.08 Å². The number of amides is 1. The molecule has 0 bridgehead atoms. The van der Waals surface area contributed by atoms with E-state index in [9.17, 15) is 9.59 Å². The Labute approximate surface area is 290 Å². The van der Waals surface area contributed by atoms with Gasteiger partial charge in [-0.25, -0.2) is 4.99 Å². The zero-order valence-electron chi connectivity index (χ0n) is 26.7. The summed E-state index contributed by atoms with van der Waals surface area (Å²) in [5.41, 5.74) is 3.91. The monoisotopic (exact) mass is 723 g/mol. The second-order valence-corrected chi connectivity index (χ2v) is 12.9. The van der Waals surface area contributed by atoms with Crippen LogP contribution in [0, 0.1) is 0 Å². The summed E-state index contributed by atoms with van der Waals surface area (Å²) >= 11 is 4.74. The highest BCUT2D eigenvalue weighted by atomic mass is 79.9. The highest BCUT2D eigenvalue weighted by Crippen LogP contribution is 2.32. The van der Waals surface area contributed by atoms with Crippen LogP contribution >= 0.6 is 27.3 Å². The molecule has 0 fully saturated rings. The number of carbonyl (C=O) groups excluding carboxylic acids is 1. The molecule has 0 radical (unpaired) electrons. The first kappa shape index (κ1) is 33.0. The number of nitrogens with zero attached hydrogens (tertiary/aromatic N) is 2. The van der Waals surface area contributed by atoms with E-state index >= 15 is 0 Å². The van der Waals surface area contributed by atoms with Crippen LogP contribution in [-0.4, -0.2) is 23.7 Å². The highest BCUT2D eigenvalue weighted by molar-refractivity contribution is 9.10. The maximum atomic E-state index is 14.2. The van der Waals surface area contributed by atoms with Crippen molar-refractivity contribution >= 4 is 44.9 Å². The number of halogens is 1. The Morgan fingerprint density at radius 1 is 0.917 bits per heavy atom. The molecule has 8 nitrogen and oxygen atoms in total. The smallest absolute Gasteiger partial charge is 0.271 e. The Balaban J connectivity index is 1.38. The van der Waals surface area contributed by atoms with Gasteiger partial charge in [0.15, 0.2) is 16.3 Å². The van der Waals surface area contributed by atoms with Gasteiger partial charge in [-0.05, 0) is 92.1 Å². The first-order valence-electron chi connectivity index (χ1n) is 15.6. The molecule has 1 N–H and O–H groups in total. The summed E-state index contributed by atoms with van der Waals surface area (Å²) in [4.78, 5) is 33.3. The van der Waals surface area contributed by atoms with Gasteiger partial charge in [-0.1, -0.05) is 75.8 Å². The molecule has 244 valence electrons. The summed E-state index contributed by atoms with van der Waals surface area (Å²) in [6.45, 7) is 7.01. The van der Waals surface area contributed by atoms with E-state index < -0.39 is 6.04 Å². The van der Waals surface area contributed by atoms with E-state index in [4.69, 9.17) is 19.2 Å². The van der Waals surface area contributed by atoms with Crippen molar-refractivity contribution in [1.82, 2.24) is 4.57 Å². The number of allylic oxidation sites excluding steroid dienone is 1. The molecular weight excluding hydrogens is 690 g/mol. The molecule has 1 amide bonds. The van der Waals surface area contributed by atoms with Gasteiger partial charge in [0, 0.05) is 10.2 Å². The van der Waals surface area contributed by atoms with Crippen LogP contribution < -0.4 is 34.4 Å². The normalized spacial score (nSPS) is 14.2. The van der Waals surface area contributed by atoms with E-state index in [1.54, 1.807) is 11.5 Å². The number of nitrogens with one attached hydrogen (secondary N) is 1. The van der Waals surface area contributed by atoms with Crippen molar-refractivity contribution in [2.75, 3.05) is 18.5 Å². The molecule has 48 heavy (non-hydrogen) atoms. The van der Waals surface area contributed by atoms with Gasteiger partial charge in [-0.15, -0.1) is 0 Å². The molecule has 1 aliphatic rings. The first-order valence-corrected chi connectivity index (χ1v) is 17.2. The minimum atomic E-state index is -0.698. The van der Waals surface area contributed by atoms with Gasteiger partial charge in [-0.3, -0.25) is 14.2 Å². The summed E-state index contributed by atoms with van der Waals surface area (Å²) in [5.74, 6) is 1.58.